The van der Waals surface area contributed by atoms with E-state index in [1.54, 1.807) is 17.0 Å². The molecular weight excluding hydrogens is 351 g/mol. The quantitative estimate of drug-likeness (QED) is 0.668. The summed E-state index contributed by atoms with van der Waals surface area (Å²) in [6, 6.07) is 11.0. The van der Waals surface area contributed by atoms with Crippen LogP contribution >= 0.6 is 22.9 Å². The molecule has 0 aliphatic heterocycles. The third-order valence-corrected chi connectivity index (χ3v) is 4.66. The number of hydrogen-bond acceptors (Lipinski definition) is 4. The average Bonchev–Trinajstić information content (AvgIpc) is 2.97. The molecule has 1 aromatic heterocycles. The molecule has 0 spiro atoms. The summed E-state index contributed by atoms with van der Waals surface area (Å²) in [5.74, 6) is -0.124. The average molecular weight is 365 g/mol. The maximum atomic E-state index is 12.9. The Morgan fingerprint density at radius 2 is 2.04 bits per heavy atom. The Bertz CT molecular complexity index is 867. The Balaban J connectivity index is 1.74. The van der Waals surface area contributed by atoms with Gasteiger partial charge in [-0.05, 0) is 49.4 Å². The zero-order valence-corrected chi connectivity index (χ0v) is 14.4. The van der Waals surface area contributed by atoms with Crippen LogP contribution in [-0.2, 0) is 4.79 Å². The van der Waals surface area contributed by atoms with Gasteiger partial charge < -0.3 is 4.74 Å². The molecule has 1 heterocycles. The molecule has 124 valence electrons. The number of carbonyl (C=O) groups excluding carboxylic acids is 1. The fourth-order valence-electron chi connectivity index (χ4n) is 2.18. The number of carbonyl (C=O) groups is 1. The van der Waals surface area contributed by atoms with Crippen molar-refractivity contribution >= 4 is 44.2 Å². The predicted octanol–water partition coefficient (Wildman–Crippen LogP) is 4.52. The number of nitrogens with zero attached hydrogens (tertiary/aromatic N) is 2. The Hall–Kier alpha value is -2.18. The van der Waals surface area contributed by atoms with E-state index in [4.69, 9.17) is 16.3 Å². The van der Waals surface area contributed by atoms with Gasteiger partial charge in [-0.2, -0.15) is 0 Å². The first-order valence-electron chi connectivity index (χ1n) is 7.31. The van der Waals surface area contributed by atoms with Crippen LogP contribution in [0.3, 0.4) is 0 Å². The third kappa shape index (κ3) is 3.66. The van der Waals surface area contributed by atoms with Crippen LogP contribution in [-0.4, -0.2) is 24.0 Å². The van der Waals surface area contributed by atoms with Crippen LogP contribution in [0.1, 0.15) is 6.92 Å². The molecule has 0 aliphatic carbocycles. The minimum Gasteiger partial charge on any atom is -0.484 e. The number of fused-ring (bicyclic) bond motifs is 1. The zero-order chi connectivity index (χ0) is 17.1. The van der Waals surface area contributed by atoms with Crippen molar-refractivity contribution in [2.75, 3.05) is 18.1 Å². The maximum Gasteiger partial charge on any atom is 0.266 e. The molecule has 1 amide bonds. The molecule has 0 radical (unpaired) electrons. The number of aromatic nitrogens is 1. The number of likely N-dealkylation sites (N-methyl/N-ethyl adjacent to an activating group) is 1. The smallest absolute Gasteiger partial charge is 0.266 e. The summed E-state index contributed by atoms with van der Waals surface area (Å²) in [5, 5.41) is 1.20. The van der Waals surface area contributed by atoms with Crippen LogP contribution in [0, 0.1) is 5.82 Å². The second-order valence-electron chi connectivity index (χ2n) is 4.99. The van der Waals surface area contributed by atoms with E-state index in [0.29, 0.717) is 22.4 Å². The first kappa shape index (κ1) is 16.7. The van der Waals surface area contributed by atoms with Crippen LogP contribution < -0.4 is 9.64 Å². The van der Waals surface area contributed by atoms with Gasteiger partial charge in [0.25, 0.3) is 5.91 Å². The van der Waals surface area contributed by atoms with Crippen LogP contribution in [0.25, 0.3) is 10.2 Å². The Labute approximate surface area is 147 Å². The molecular formula is C17H14ClFN2O2S. The number of hydrogen-bond donors (Lipinski definition) is 0. The molecule has 3 aromatic rings. The number of thiazole rings is 1. The van der Waals surface area contributed by atoms with Gasteiger partial charge in [-0.25, -0.2) is 9.37 Å². The Kier molecular flexibility index (Phi) is 4.97. The van der Waals surface area contributed by atoms with Crippen molar-refractivity contribution in [3.05, 3.63) is 53.3 Å². The second-order valence-corrected chi connectivity index (χ2v) is 6.43. The van der Waals surface area contributed by atoms with Gasteiger partial charge in [0.2, 0.25) is 0 Å². The van der Waals surface area contributed by atoms with Gasteiger partial charge in [-0.15, -0.1) is 0 Å². The summed E-state index contributed by atoms with van der Waals surface area (Å²) in [5.41, 5.74) is 0.758. The normalized spacial score (nSPS) is 10.8. The van der Waals surface area contributed by atoms with Crippen LogP contribution in [0.2, 0.25) is 5.02 Å². The Morgan fingerprint density at radius 3 is 2.75 bits per heavy atom. The fraction of sp³-hybridized carbons (Fsp3) is 0.176. The molecule has 7 heteroatoms. The standard InChI is InChI=1S/C17H14ClFN2O2S/c1-2-21(16(22)10-23-13-6-4-12(19)5-7-13)17-20-14-9-11(18)3-8-15(14)24-17/h3-9H,2,10H2,1H3. The van der Waals surface area contributed by atoms with Gasteiger partial charge in [0.1, 0.15) is 11.6 Å². The Morgan fingerprint density at radius 1 is 1.29 bits per heavy atom. The van der Waals surface area contributed by atoms with E-state index in [1.807, 2.05) is 13.0 Å². The number of anilines is 1. The van der Waals surface area contributed by atoms with Gasteiger partial charge in [0, 0.05) is 11.6 Å². The molecule has 0 fully saturated rings. The van der Waals surface area contributed by atoms with E-state index in [2.05, 4.69) is 4.98 Å². The van der Waals surface area contributed by atoms with Crippen molar-refractivity contribution in [3.63, 3.8) is 0 Å². The molecule has 0 aliphatic rings. The minimum atomic E-state index is -0.350. The van der Waals surface area contributed by atoms with Crippen LogP contribution in [0.4, 0.5) is 9.52 Å². The molecule has 0 bridgehead atoms. The summed E-state index contributed by atoms with van der Waals surface area (Å²) in [6.45, 7) is 2.20. The summed E-state index contributed by atoms with van der Waals surface area (Å²) in [4.78, 5) is 18.5. The first-order valence-corrected chi connectivity index (χ1v) is 8.51. The summed E-state index contributed by atoms with van der Waals surface area (Å²) >= 11 is 7.39. The van der Waals surface area contributed by atoms with Crippen molar-refractivity contribution < 1.29 is 13.9 Å². The van der Waals surface area contributed by atoms with Crippen molar-refractivity contribution in [3.8, 4) is 5.75 Å². The lowest BCUT2D eigenvalue weighted by molar-refractivity contribution is -0.120. The molecule has 0 saturated carbocycles. The summed E-state index contributed by atoms with van der Waals surface area (Å²) in [7, 11) is 0. The molecule has 0 saturated heterocycles. The summed E-state index contributed by atoms with van der Waals surface area (Å²) in [6.07, 6.45) is 0. The molecule has 24 heavy (non-hydrogen) atoms. The SMILES string of the molecule is CCN(C(=O)COc1ccc(F)cc1)c1nc2cc(Cl)ccc2s1. The number of rotatable bonds is 5. The van der Waals surface area contributed by atoms with Crippen LogP contribution in [0.5, 0.6) is 5.75 Å². The lowest BCUT2D eigenvalue weighted by atomic mass is 10.3. The third-order valence-electron chi connectivity index (χ3n) is 3.36. The van der Waals surface area contributed by atoms with Crippen molar-refractivity contribution in [2.45, 2.75) is 6.92 Å². The monoisotopic (exact) mass is 364 g/mol. The lowest BCUT2D eigenvalue weighted by Gasteiger charge is -2.17. The number of ether oxygens (including phenoxy) is 1. The highest BCUT2D eigenvalue weighted by molar-refractivity contribution is 7.22. The summed E-state index contributed by atoms with van der Waals surface area (Å²) < 4.78 is 19.2. The van der Waals surface area contributed by atoms with E-state index in [1.165, 1.54) is 35.6 Å². The van der Waals surface area contributed by atoms with Crippen molar-refractivity contribution in [1.82, 2.24) is 4.98 Å². The van der Waals surface area contributed by atoms with E-state index < -0.39 is 0 Å². The minimum absolute atomic E-state index is 0.143. The maximum absolute atomic E-state index is 12.9. The molecule has 3 rings (SSSR count). The molecule has 2 aromatic carbocycles. The first-order chi connectivity index (χ1) is 11.6. The van der Waals surface area contributed by atoms with Crippen molar-refractivity contribution in [2.24, 2.45) is 0 Å². The van der Waals surface area contributed by atoms with E-state index >= 15 is 0 Å². The highest BCUT2D eigenvalue weighted by atomic mass is 35.5. The number of benzene rings is 2. The lowest BCUT2D eigenvalue weighted by Crippen LogP contribution is -2.34. The zero-order valence-electron chi connectivity index (χ0n) is 12.8. The van der Waals surface area contributed by atoms with Crippen molar-refractivity contribution in [1.29, 1.82) is 0 Å². The van der Waals surface area contributed by atoms with Gasteiger partial charge in [0.15, 0.2) is 11.7 Å². The van der Waals surface area contributed by atoms with E-state index in [0.717, 1.165) is 10.2 Å². The highest BCUT2D eigenvalue weighted by Crippen LogP contribution is 2.30. The van der Waals surface area contributed by atoms with E-state index in [-0.39, 0.29) is 18.3 Å². The molecule has 4 nitrogen and oxygen atoms in total. The van der Waals surface area contributed by atoms with Gasteiger partial charge >= 0.3 is 0 Å². The highest BCUT2D eigenvalue weighted by Gasteiger charge is 2.18. The molecule has 0 unspecified atom stereocenters. The topological polar surface area (TPSA) is 42.4 Å². The number of halogens is 2. The van der Waals surface area contributed by atoms with Gasteiger partial charge in [-0.1, -0.05) is 22.9 Å². The largest absolute Gasteiger partial charge is 0.484 e. The molecule has 0 N–H and O–H groups in total. The second kappa shape index (κ2) is 7.15. The van der Waals surface area contributed by atoms with Gasteiger partial charge in [-0.3, -0.25) is 9.69 Å². The van der Waals surface area contributed by atoms with Crippen LogP contribution in [0.15, 0.2) is 42.5 Å². The predicted molar refractivity (Wildman–Crippen MR) is 94.6 cm³/mol. The van der Waals surface area contributed by atoms with E-state index in [9.17, 15) is 9.18 Å². The number of amides is 1. The fourth-order valence-corrected chi connectivity index (χ4v) is 3.37. The van der Waals surface area contributed by atoms with Gasteiger partial charge in [0.05, 0.1) is 10.2 Å². The molecule has 0 atom stereocenters.